The molecule has 0 bridgehead atoms. The van der Waals surface area contributed by atoms with Gasteiger partial charge in [-0.3, -0.25) is 9.98 Å². The summed E-state index contributed by atoms with van der Waals surface area (Å²) in [6.45, 7) is 12.9. The monoisotopic (exact) mass is 472 g/mol. The van der Waals surface area contributed by atoms with Crippen molar-refractivity contribution in [1.29, 1.82) is 0 Å². The Morgan fingerprint density at radius 2 is 0.778 bits per heavy atom. The molecule has 0 aromatic heterocycles. The second-order valence-corrected chi connectivity index (χ2v) is 9.89. The van der Waals surface area contributed by atoms with Crippen molar-refractivity contribution >= 4 is 12.4 Å². The standard InChI is InChI=1S/C34H36N2/c1-23-17-25(3)31(26(4)18-23)21-35-33(29-13-9-7-10-14-29)34(30-15-11-8-12-16-30)36-22-32-27(5)19-24(2)20-28(32)6/h7-22,33-34H,1-6H3/t33-,34+. The predicted octanol–water partition coefficient (Wildman–Crippen LogP) is 8.56. The molecule has 0 fully saturated rings. The van der Waals surface area contributed by atoms with Gasteiger partial charge in [-0.2, -0.15) is 0 Å². The van der Waals surface area contributed by atoms with Gasteiger partial charge in [0.1, 0.15) is 12.1 Å². The highest BCUT2D eigenvalue weighted by Gasteiger charge is 2.23. The Morgan fingerprint density at radius 3 is 1.08 bits per heavy atom. The molecule has 0 saturated carbocycles. The fourth-order valence-corrected chi connectivity index (χ4v) is 5.10. The molecular formula is C34H36N2. The summed E-state index contributed by atoms with van der Waals surface area (Å²) in [5.41, 5.74) is 12.2. The maximum absolute atomic E-state index is 5.22. The summed E-state index contributed by atoms with van der Waals surface area (Å²) in [5, 5.41) is 0. The first-order valence-corrected chi connectivity index (χ1v) is 12.7. The Hall–Kier alpha value is -3.78. The molecular weight excluding hydrogens is 436 g/mol. The van der Waals surface area contributed by atoms with Crippen LogP contribution in [0.5, 0.6) is 0 Å². The number of aliphatic imine (C=N–C) groups is 2. The average Bonchev–Trinajstić information content (AvgIpc) is 2.84. The van der Waals surface area contributed by atoms with E-state index in [0.717, 1.165) is 11.1 Å². The first-order valence-electron chi connectivity index (χ1n) is 12.7. The van der Waals surface area contributed by atoms with Crippen molar-refractivity contribution in [3.8, 4) is 0 Å². The fraction of sp³-hybridized carbons (Fsp3) is 0.235. The molecule has 2 atom stereocenters. The third kappa shape index (κ3) is 5.88. The Balaban J connectivity index is 1.84. The van der Waals surface area contributed by atoms with E-state index in [9.17, 15) is 0 Å². The highest BCUT2D eigenvalue weighted by Crippen LogP contribution is 2.36. The molecule has 0 aliphatic rings. The minimum Gasteiger partial charge on any atom is -0.282 e. The lowest BCUT2D eigenvalue weighted by molar-refractivity contribution is 0.583. The van der Waals surface area contributed by atoms with Gasteiger partial charge in [0.05, 0.1) is 0 Å². The Labute approximate surface area is 216 Å². The van der Waals surface area contributed by atoms with Crippen LogP contribution in [0.2, 0.25) is 0 Å². The van der Waals surface area contributed by atoms with Crippen LogP contribution in [-0.2, 0) is 0 Å². The van der Waals surface area contributed by atoms with Gasteiger partial charge in [-0.1, -0.05) is 96.1 Å². The molecule has 0 spiro atoms. The Morgan fingerprint density at radius 1 is 0.472 bits per heavy atom. The van der Waals surface area contributed by atoms with Crippen molar-refractivity contribution in [2.75, 3.05) is 0 Å². The molecule has 0 N–H and O–H groups in total. The summed E-state index contributed by atoms with van der Waals surface area (Å²) in [6.07, 6.45) is 4.10. The lowest BCUT2D eigenvalue weighted by Crippen LogP contribution is -2.10. The maximum atomic E-state index is 5.22. The zero-order valence-electron chi connectivity index (χ0n) is 22.3. The maximum Gasteiger partial charge on any atom is 0.101 e. The molecule has 2 nitrogen and oxygen atoms in total. The molecule has 4 rings (SSSR count). The summed E-state index contributed by atoms with van der Waals surface area (Å²) < 4.78 is 0. The molecule has 0 aliphatic carbocycles. The summed E-state index contributed by atoms with van der Waals surface area (Å²) in [7, 11) is 0. The molecule has 0 amide bonds. The van der Waals surface area contributed by atoms with Crippen LogP contribution in [0.4, 0.5) is 0 Å². The lowest BCUT2D eigenvalue weighted by Gasteiger charge is -2.22. The second kappa shape index (κ2) is 11.3. The van der Waals surface area contributed by atoms with Crippen LogP contribution in [-0.4, -0.2) is 12.4 Å². The van der Waals surface area contributed by atoms with E-state index in [0.29, 0.717) is 0 Å². The van der Waals surface area contributed by atoms with Gasteiger partial charge in [-0.05, 0) is 86.1 Å². The minimum absolute atomic E-state index is 0.156. The van der Waals surface area contributed by atoms with E-state index in [4.69, 9.17) is 9.98 Å². The van der Waals surface area contributed by atoms with Crippen LogP contribution >= 0.6 is 0 Å². The van der Waals surface area contributed by atoms with Crippen molar-refractivity contribution < 1.29 is 0 Å². The smallest absolute Gasteiger partial charge is 0.101 e. The number of aryl methyl sites for hydroxylation is 6. The zero-order chi connectivity index (χ0) is 25.7. The molecule has 0 aliphatic heterocycles. The number of benzene rings is 4. The molecule has 4 aromatic rings. The van der Waals surface area contributed by atoms with Gasteiger partial charge in [0, 0.05) is 12.4 Å². The van der Waals surface area contributed by atoms with E-state index in [1.54, 1.807) is 0 Å². The van der Waals surface area contributed by atoms with Crippen molar-refractivity contribution in [2.45, 2.75) is 53.6 Å². The van der Waals surface area contributed by atoms with Crippen LogP contribution in [0.15, 0.2) is 94.9 Å². The van der Waals surface area contributed by atoms with Gasteiger partial charge < -0.3 is 0 Å². The van der Waals surface area contributed by atoms with Crippen LogP contribution in [0.3, 0.4) is 0 Å². The predicted molar refractivity (Wildman–Crippen MR) is 155 cm³/mol. The van der Waals surface area contributed by atoms with E-state index < -0.39 is 0 Å². The van der Waals surface area contributed by atoms with E-state index >= 15 is 0 Å². The molecule has 2 heteroatoms. The SMILES string of the molecule is Cc1cc(C)c(C=N[C@H](c2ccccc2)[C@@H](N=Cc2c(C)cc(C)cc2C)c2ccccc2)c(C)c1. The van der Waals surface area contributed by atoms with E-state index in [-0.39, 0.29) is 12.1 Å². The summed E-state index contributed by atoms with van der Waals surface area (Å²) >= 11 is 0. The Kier molecular flexibility index (Phi) is 7.95. The molecule has 0 unspecified atom stereocenters. The van der Waals surface area contributed by atoms with E-state index in [2.05, 4.69) is 139 Å². The van der Waals surface area contributed by atoms with Gasteiger partial charge in [0.15, 0.2) is 0 Å². The topological polar surface area (TPSA) is 24.7 Å². The fourth-order valence-electron chi connectivity index (χ4n) is 5.10. The minimum atomic E-state index is -0.156. The highest BCUT2D eigenvalue weighted by molar-refractivity contribution is 5.85. The van der Waals surface area contributed by atoms with Crippen molar-refractivity contribution in [3.05, 3.63) is 141 Å². The quantitative estimate of drug-likeness (QED) is 0.241. The first kappa shape index (κ1) is 25.3. The largest absolute Gasteiger partial charge is 0.282 e. The summed E-state index contributed by atoms with van der Waals surface area (Å²) in [5.74, 6) is 0. The summed E-state index contributed by atoms with van der Waals surface area (Å²) in [4.78, 5) is 10.4. The van der Waals surface area contributed by atoms with E-state index in [1.165, 1.54) is 44.5 Å². The van der Waals surface area contributed by atoms with Crippen molar-refractivity contribution in [2.24, 2.45) is 9.98 Å². The second-order valence-electron chi connectivity index (χ2n) is 9.89. The van der Waals surface area contributed by atoms with Gasteiger partial charge >= 0.3 is 0 Å². The third-order valence-electron chi connectivity index (χ3n) is 6.79. The van der Waals surface area contributed by atoms with Gasteiger partial charge in [-0.15, -0.1) is 0 Å². The number of nitrogens with zero attached hydrogens (tertiary/aromatic N) is 2. The molecule has 4 aromatic carbocycles. The number of rotatable bonds is 7. The van der Waals surface area contributed by atoms with Crippen LogP contribution in [0.1, 0.15) is 67.7 Å². The van der Waals surface area contributed by atoms with E-state index in [1.807, 2.05) is 0 Å². The molecule has 0 saturated heterocycles. The molecule has 0 heterocycles. The average molecular weight is 473 g/mol. The summed E-state index contributed by atoms with van der Waals surface area (Å²) in [6, 6.07) is 29.7. The normalized spacial score (nSPS) is 13.4. The van der Waals surface area contributed by atoms with Crippen molar-refractivity contribution in [1.82, 2.24) is 0 Å². The number of hydrogen-bond donors (Lipinski definition) is 0. The van der Waals surface area contributed by atoms with Gasteiger partial charge in [0.25, 0.3) is 0 Å². The van der Waals surface area contributed by atoms with Crippen molar-refractivity contribution in [3.63, 3.8) is 0 Å². The van der Waals surface area contributed by atoms with Crippen LogP contribution in [0.25, 0.3) is 0 Å². The van der Waals surface area contributed by atoms with Crippen LogP contribution in [0, 0.1) is 41.5 Å². The lowest BCUT2D eigenvalue weighted by atomic mass is 9.93. The Bertz CT molecular complexity index is 1230. The zero-order valence-corrected chi connectivity index (χ0v) is 22.3. The number of hydrogen-bond acceptors (Lipinski definition) is 2. The van der Waals surface area contributed by atoms with Gasteiger partial charge in [0.2, 0.25) is 0 Å². The first-order chi connectivity index (χ1) is 17.3. The van der Waals surface area contributed by atoms with Gasteiger partial charge in [-0.25, -0.2) is 0 Å². The molecule has 0 radical (unpaired) electrons. The third-order valence-corrected chi connectivity index (χ3v) is 6.79. The molecule has 36 heavy (non-hydrogen) atoms. The van der Waals surface area contributed by atoms with Crippen LogP contribution < -0.4 is 0 Å². The molecule has 182 valence electrons. The highest BCUT2D eigenvalue weighted by atomic mass is 14.9.